The predicted octanol–water partition coefficient (Wildman–Crippen LogP) is 5.46. The lowest BCUT2D eigenvalue weighted by molar-refractivity contribution is 0.262. The number of anilines is 2. The van der Waals surface area contributed by atoms with Gasteiger partial charge in [0.25, 0.3) is 0 Å². The highest BCUT2D eigenvalue weighted by Gasteiger charge is 2.11. The van der Waals surface area contributed by atoms with Gasteiger partial charge in [-0.25, -0.2) is 4.79 Å². The first kappa shape index (κ1) is 16.7. The number of aromatic nitrogens is 2. The number of aryl methyl sites for hydroxylation is 1. The summed E-state index contributed by atoms with van der Waals surface area (Å²) in [5, 5.41) is 15.3. The van der Waals surface area contributed by atoms with E-state index in [9.17, 15) is 4.79 Å². The molecule has 5 nitrogen and oxygen atoms in total. The smallest absolute Gasteiger partial charge is 0.308 e. The molecule has 2 amide bonds. The van der Waals surface area contributed by atoms with Crippen molar-refractivity contribution in [1.29, 1.82) is 0 Å². The summed E-state index contributed by atoms with van der Waals surface area (Å²) in [5.41, 5.74) is 2.61. The molecular formula is C16H12Cl2N4OS. The van der Waals surface area contributed by atoms with Crippen molar-refractivity contribution in [3.63, 3.8) is 0 Å². The van der Waals surface area contributed by atoms with E-state index in [-0.39, 0.29) is 6.03 Å². The maximum Gasteiger partial charge on any atom is 0.325 e. The number of amides is 2. The molecular weight excluding hydrogens is 367 g/mol. The van der Waals surface area contributed by atoms with Crippen LogP contribution in [-0.2, 0) is 0 Å². The minimum absolute atomic E-state index is 0.379. The molecule has 1 aromatic heterocycles. The minimum Gasteiger partial charge on any atom is -0.308 e. The number of carbonyl (C=O) groups is 1. The van der Waals surface area contributed by atoms with Gasteiger partial charge < -0.3 is 5.32 Å². The number of rotatable bonds is 3. The Morgan fingerprint density at radius 1 is 1.00 bits per heavy atom. The van der Waals surface area contributed by atoms with Crippen LogP contribution in [0.2, 0.25) is 10.0 Å². The molecule has 3 rings (SSSR count). The number of nitrogens with one attached hydrogen (secondary N) is 2. The largest absolute Gasteiger partial charge is 0.325 e. The molecule has 0 fully saturated rings. The Morgan fingerprint density at radius 2 is 1.75 bits per heavy atom. The summed E-state index contributed by atoms with van der Waals surface area (Å²) >= 11 is 13.1. The van der Waals surface area contributed by atoms with Crippen molar-refractivity contribution in [2.75, 3.05) is 10.6 Å². The van der Waals surface area contributed by atoms with Crippen LogP contribution in [0, 0.1) is 6.92 Å². The Labute approximate surface area is 152 Å². The van der Waals surface area contributed by atoms with Gasteiger partial charge in [-0.3, -0.25) is 5.32 Å². The quantitative estimate of drug-likeness (QED) is 0.635. The van der Waals surface area contributed by atoms with E-state index in [1.807, 2.05) is 31.2 Å². The molecule has 3 aromatic rings. The molecule has 0 saturated carbocycles. The van der Waals surface area contributed by atoms with E-state index < -0.39 is 0 Å². The van der Waals surface area contributed by atoms with Gasteiger partial charge in [0.15, 0.2) is 0 Å². The van der Waals surface area contributed by atoms with Crippen molar-refractivity contribution in [3.8, 4) is 10.6 Å². The lowest BCUT2D eigenvalue weighted by atomic mass is 10.2. The number of hydrogen-bond donors (Lipinski definition) is 2. The van der Waals surface area contributed by atoms with Crippen LogP contribution in [0.3, 0.4) is 0 Å². The average molecular weight is 379 g/mol. The first-order chi connectivity index (χ1) is 11.5. The van der Waals surface area contributed by atoms with Crippen molar-refractivity contribution >= 4 is 51.4 Å². The molecule has 2 N–H and O–H groups in total. The standard InChI is InChI=1S/C16H12Cl2N4OS/c1-9-2-5-11(6-3-9)19-15(23)20-16-22-21-14(24-16)10-4-7-12(17)13(18)8-10/h2-8H,1H3,(H2,19,20,22,23). The van der Waals surface area contributed by atoms with Gasteiger partial charge in [0, 0.05) is 11.3 Å². The van der Waals surface area contributed by atoms with Crippen molar-refractivity contribution in [2.24, 2.45) is 0 Å². The van der Waals surface area contributed by atoms with E-state index >= 15 is 0 Å². The van der Waals surface area contributed by atoms with E-state index in [4.69, 9.17) is 23.2 Å². The van der Waals surface area contributed by atoms with Crippen LogP contribution in [0.1, 0.15) is 5.56 Å². The fourth-order valence-electron chi connectivity index (χ4n) is 1.92. The zero-order valence-corrected chi connectivity index (χ0v) is 14.8. The summed E-state index contributed by atoms with van der Waals surface area (Å²) in [6.45, 7) is 1.98. The summed E-state index contributed by atoms with van der Waals surface area (Å²) in [5.74, 6) is 0. The maximum atomic E-state index is 12.0. The highest BCUT2D eigenvalue weighted by Crippen LogP contribution is 2.31. The Morgan fingerprint density at radius 3 is 2.46 bits per heavy atom. The number of urea groups is 1. The molecule has 0 unspecified atom stereocenters. The van der Waals surface area contributed by atoms with E-state index in [1.165, 1.54) is 11.3 Å². The Hall–Kier alpha value is -2.15. The van der Waals surface area contributed by atoms with E-state index in [0.717, 1.165) is 11.1 Å². The summed E-state index contributed by atoms with van der Waals surface area (Å²) in [6, 6.07) is 12.3. The third-order valence-corrected chi connectivity index (χ3v) is 4.75. The first-order valence-electron chi connectivity index (χ1n) is 6.95. The molecule has 8 heteroatoms. The van der Waals surface area contributed by atoms with E-state index in [2.05, 4.69) is 20.8 Å². The van der Waals surface area contributed by atoms with Gasteiger partial charge in [-0.2, -0.15) is 0 Å². The second kappa shape index (κ2) is 7.17. The number of benzene rings is 2. The number of halogens is 2. The van der Waals surface area contributed by atoms with Crippen LogP contribution in [-0.4, -0.2) is 16.2 Å². The van der Waals surface area contributed by atoms with Crippen molar-refractivity contribution in [3.05, 3.63) is 58.1 Å². The summed E-state index contributed by atoms with van der Waals surface area (Å²) in [4.78, 5) is 12.0. The highest BCUT2D eigenvalue weighted by molar-refractivity contribution is 7.18. The van der Waals surface area contributed by atoms with Crippen LogP contribution >= 0.6 is 34.5 Å². The topological polar surface area (TPSA) is 66.9 Å². The first-order valence-corrected chi connectivity index (χ1v) is 8.52. The minimum atomic E-state index is -0.379. The number of nitrogens with zero attached hydrogens (tertiary/aromatic N) is 2. The van der Waals surface area contributed by atoms with Crippen molar-refractivity contribution in [2.45, 2.75) is 6.92 Å². The van der Waals surface area contributed by atoms with Crippen LogP contribution in [0.15, 0.2) is 42.5 Å². The predicted molar refractivity (Wildman–Crippen MR) is 99.2 cm³/mol. The van der Waals surface area contributed by atoms with Crippen LogP contribution < -0.4 is 10.6 Å². The maximum absolute atomic E-state index is 12.0. The molecule has 2 aromatic carbocycles. The zero-order valence-electron chi connectivity index (χ0n) is 12.5. The molecule has 0 atom stereocenters. The van der Waals surface area contributed by atoms with E-state index in [0.29, 0.717) is 25.9 Å². The third kappa shape index (κ3) is 4.03. The Balaban J connectivity index is 1.68. The summed E-state index contributed by atoms with van der Waals surface area (Å²) in [7, 11) is 0. The molecule has 0 radical (unpaired) electrons. The van der Waals surface area contributed by atoms with Crippen LogP contribution in [0.5, 0.6) is 0 Å². The molecule has 122 valence electrons. The molecule has 0 aliphatic heterocycles. The van der Waals surface area contributed by atoms with Gasteiger partial charge in [0.1, 0.15) is 5.01 Å². The Kier molecular flexibility index (Phi) is 4.99. The SMILES string of the molecule is Cc1ccc(NC(=O)Nc2nnc(-c3ccc(Cl)c(Cl)c3)s2)cc1. The molecule has 24 heavy (non-hydrogen) atoms. The summed E-state index contributed by atoms with van der Waals surface area (Å²) in [6.07, 6.45) is 0. The molecule has 0 aliphatic carbocycles. The second-order valence-electron chi connectivity index (χ2n) is 4.99. The van der Waals surface area contributed by atoms with Gasteiger partial charge >= 0.3 is 6.03 Å². The van der Waals surface area contributed by atoms with Crippen LogP contribution in [0.4, 0.5) is 15.6 Å². The average Bonchev–Trinajstić information content (AvgIpc) is 3.00. The van der Waals surface area contributed by atoms with Crippen molar-refractivity contribution < 1.29 is 4.79 Å². The number of carbonyl (C=O) groups excluding carboxylic acids is 1. The molecule has 0 saturated heterocycles. The molecule has 0 spiro atoms. The fraction of sp³-hybridized carbons (Fsp3) is 0.0625. The van der Waals surface area contributed by atoms with Gasteiger partial charge in [-0.15, -0.1) is 10.2 Å². The van der Waals surface area contributed by atoms with Gasteiger partial charge in [-0.05, 0) is 31.2 Å². The number of hydrogen-bond acceptors (Lipinski definition) is 4. The van der Waals surface area contributed by atoms with Crippen LogP contribution in [0.25, 0.3) is 10.6 Å². The zero-order chi connectivity index (χ0) is 17.1. The fourth-order valence-corrected chi connectivity index (χ4v) is 2.95. The highest BCUT2D eigenvalue weighted by atomic mass is 35.5. The normalized spacial score (nSPS) is 10.5. The molecule has 0 aliphatic rings. The molecule has 1 heterocycles. The lowest BCUT2D eigenvalue weighted by Crippen LogP contribution is -2.19. The van der Waals surface area contributed by atoms with Gasteiger partial charge in [-0.1, -0.05) is 58.3 Å². The third-order valence-electron chi connectivity index (χ3n) is 3.12. The second-order valence-corrected chi connectivity index (χ2v) is 6.78. The molecule has 0 bridgehead atoms. The van der Waals surface area contributed by atoms with Gasteiger partial charge in [0.2, 0.25) is 5.13 Å². The summed E-state index contributed by atoms with van der Waals surface area (Å²) < 4.78 is 0. The van der Waals surface area contributed by atoms with E-state index in [1.54, 1.807) is 18.2 Å². The van der Waals surface area contributed by atoms with Gasteiger partial charge in [0.05, 0.1) is 10.0 Å². The van der Waals surface area contributed by atoms with Crippen molar-refractivity contribution in [1.82, 2.24) is 10.2 Å². The Bertz CT molecular complexity index is 880. The monoisotopic (exact) mass is 378 g/mol. The lowest BCUT2D eigenvalue weighted by Gasteiger charge is -2.05.